The van der Waals surface area contributed by atoms with Gasteiger partial charge in [0.15, 0.2) is 0 Å². The third-order valence-corrected chi connectivity index (χ3v) is 21.3. The number of unbranched alkanes of at least 4 members (excludes halogenated alkanes) is 2. The molecule has 2 unspecified atom stereocenters. The molecule has 1 fully saturated rings. The van der Waals surface area contributed by atoms with Crippen LogP contribution in [0.5, 0.6) is 0 Å². The highest BCUT2D eigenvalue weighted by Crippen LogP contribution is 2.25. The lowest BCUT2D eigenvalue weighted by atomic mass is 10.00. The number of aliphatic hydroxyl groups excluding tert-OH is 3. The molecule has 40 nitrogen and oxygen atoms in total. The number of amides is 16. The van der Waals surface area contributed by atoms with Crippen molar-refractivity contribution < 1.29 is 102 Å². The number of hydrogen-bond donors (Lipinski definition) is 23. The highest BCUT2D eigenvalue weighted by molar-refractivity contribution is 8.76. The Kier molecular flexibility index (Phi) is 41.1. The number of hydrogen-bond acceptors (Lipinski definition) is 25. The number of carboxylic acids is 1. The van der Waals surface area contributed by atoms with Crippen molar-refractivity contribution in [1.82, 2.24) is 79.4 Å². The van der Waals surface area contributed by atoms with E-state index in [0.717, 1.165) is 35.4 Å². The summed E-state index contributed by atoms with van der Waals surface area (Å²) in [6.07, 6.45) is -1.08. The summed E-state index contributed by atoms with van der Waals surface area (Å²) in [6, 6.07) is 9.57. The molecule has 15 atom stereocenters. The van der Waals surface area contributed by atoms with Gasteiger partial charge in [0.05, 0.1) is 37.8 Å². The molecule has 0 aliphatic carbocycles. The number of aromatic amines is 1. The molecule has 42 heteroatoms. The number of fused-ring (bicyclic) bond motifs is 1. The zero-order valence-corrected chi connectivity index (χ0v) is 68.9. The molecule has 16 amide bonds. The molecule has 27 N–H and O–H groups in total. The smallest absolute Gasteiger partial charge is 0.327 e. The fraction of sp³-hybridized carbons (Fsp3) is 0.438. The summed E-state index contributed by atoms with van der Waals surface area (Å²) in [5.41, 5.74) is 25.6. The lowest BCUT2D eigenvalue weighted by molar-refractivity contribution is -0.142. The molecular formula is C80H107N19O21S2. The predicted octanol–water partition coefficient (Wildman–Crippen LogP) is -5.71. The molecule has 5 aromatic rings. The Balaban J connectivity index is 0.00000312. The maximum atomic E-state index is 15.4. The van der Waals surface area contributed by atoms with E-state index in [9.17, 15) is 87.5 Å². The number of carbonyl (C=O) groups excluding carboxylic acids is 16. The molecule has 0 radical (unpaired) electrons. The average Bonchev–Trinajstić information content (AvgIpc) is 1.63. The van der Waals surface area contributed by atoms with Crippen LogP contribution in [0.2, 0.25) is 0 Å². The second-order valence-electron chi connectivity index (χ2n) is 28.8. The molecular weight excluding hydrogens is 1630 g/mol. The zero-order valence-electron chi connectivity index (χ0n) is 67.2. The number of carboxylic acid groups (broad SMARTS) is 1. The average molecular weight is 1730 g/mol. The van der Waals surface area contributed by atoms with Gasteiger partial charge in [-0.1, -0.05) is 131 Å². The van der Waals surface area contributed by atoms with Gasteiger partial charge in [-0.25, -0.2) is 4.79 Å². The molecule has 1 saturated heterocycles. The van der Waals surface area contributed by atoms with E-state index in [1.54, 1.807) is 121 Å². The minimum atomic E-state index is -1.99. The van der Waals surface area contributed by atoms with Gasteiger partial charge in [0.2, 0.25) is 82.7 Å². The summed E-state index contributed by atoms with van der Waals surface area (Å²) >= 11 is 0. The van der Waals surface area contributed by atoms with Gasteiger partial charge >= 0.3 is 5.97 Å². The van der Waals surface area contributed by atoms with Crippen LogP contribution in [0.3, 0.4) is 0 Å². The predicted molar refractivity (Wildman–Crippen MR) is 447 cm³/mol. The number of H-pyrrole nitrogens is 1. The molecule has 0 bridgehead atoms. The summed E-state index contributed by atoms with van der Waals surface area (Å²) in [6.45, 7) is 1.88. The number of imide groups is 1. The molecule has 2 aliphatic heterocycles. The van der Waals surface area contributed by atoms with Crippen LogP contribution in [-0.4, -0.2) is 254 Å². The lowest BCUT2D eigenvalue weighted by Gasteiger charge is -2.29. The van der Waals surface area contributed by atoms with E-state index in [4.69, 9.17) is 22.9 Å². The number of nitrogens with two attached hydrogens (primary N) is 4. The van der Waals surface area contributed by atoms with Crippen molar-refractivity contribution in [3.8, 4) is 0 Å². The van der Waals surface area contributed by atoms with Gasteiger partial charge in [0.25, 0.3) is 11.8 Å². The van der Waals surface area contributed by atoms with Crippen molar-refractivity contribution in [1.29, 1.82) is 0 Å². The van der Waals surface area contributed by atoms with Crippen molar-refractivity contribution >= 4 is 133 Å². The normalized spacial score (nSPS) is 23.4. The van der Waals surface area contributed by atoms with Crippen LogP contribution < -0.4 is 97.4 Å². The number of carbonyl (C=O) groups is 17. The van der Waals surface area contributed by atoms with Crippen LogP contribution >= 0.6 is 21.6 Å². The van der Waals surface area contributed by atoms with Crippen LogP contribution in [0.25, 0.3) is 10.9 Å². The standard InChI is InChI=1S/C76H104N18O19S2.C4H3NO2/c1-41(79)64(100)82-37-61(99)83-58-39-114-115-40-59(76(112)113)92-72(108)57(38-95)91-75(111)63(43(3)97)94-71(107)54(33-46-23-11-6-12-24-46)90-74(110)62(42(2)96)93-66(102)51(28-16-18-30-78)84-69(105)55(34-47-36-81-49-26-14-13-25-48(47)49)88-68(104)53(32-45-21-9-5-10-22-45)86-67(103)52(31-44-19-7-4-8-20-44)87-70(106)56(35-60(80)98)89-65(101)50(85-73(58)109)27-15-17-29-77;6-3-1-2-4(7)5-3/h4-14,19-26,36,41-43,50-59,62-63,81,95-97H,15-18,27-35,37-40,77-79H2,1-3H3,(H2,80,98)(H,82,100)(H,83,99)(H,84,105)(H,85,109)(H,86,103)(H,87,106)(H,88,104)(H,89,101)(H,90,110)(H,91,111)(H,92,108)(H,93,102)(H,94,107)(H,112,113);1-2H,(H,5,6,7)/t41-,42?,43?,50-,51-,52-,53-,54-,55-,56-,57-,58-,59-,62-,63-;/m0./s1. The minimum absolute atomic E-state index is 0.104. The van der Waals surface area contributed by atoms with Crippen LogP contribution in [-0.2, 0) is 107 Å². The molecule has 122 heavy (non-hydrogen) atoms. The van der Waals surface area contributed by atoms with Crippen molar-refractivity contribution in [2.24, 2.45) is 22.9 Å². The van der Waals surface area contributed by atoms with Gasteiger partial charge in [0.1, 0.15) is 72.5 Å². The number of aliphatic hydroxyl groups is 3. The molecule has 0 spiro atoms. The van der Waals surface area contributed by atoms with Crippen molar-refractivity contribution in [2.75, 3.05) is 37.7 Å². The summed E-state index contributed by atoms with van der Waals surface area (Å²) < 4.78 is 0. The van der Waals surface area contributed by atoms with E-state index in [1.165, 1.54) is 19.1 Å². The Morgan fingerprint density at radius 3 is 1.29 bits per heavy atom. The van der Waals surface area contributed by atoms with E-state index >= 15 is 14.4 Å². The van der Waals surface area contributed by atoms with Gasteiger partial charge in [-0.3, -0.25) is 82.0 Å². The van der Waals surface area contributed by atoms with Gasteiger partial charge in [-0.05, 0) is 101 Å². The molecule has 7 rings (SSSR count). The summed E-state index contributed by atoms with van der Waals surface area (Å²) in [5, 5.41) is 78.1. The molecule has 0 saturated carbocycles. The highest BCUT2D eigenvalue weighted by atomic mass is 33.1. The Hall–Kier alpha value is -12.2. The largest absolute Gasteiger partial charge is 0.480 e. The molecule has 660 valence electrons. The number of benzene rings is 4. The highest BCUT2D eigenvalue weighted by Gasteiger charge is 2.40. The van der Waals surface area contributed by atoms with E-state index < -0.39 is 210 Å². The minimum Gasteiger partial charge on any atom is -0.480 e. The van der Waals surface area contributed by atoms with Crippen LogP contribution in [0, 0.1) is 0 Å². The molecule has 2 aliphatic rings. The van der Waals surface area contributed by atoms with Gasteiger partial charge < -0.3 is 117 Å². The van der Waals surface area contributed by atoms with Gasteiger partial charge in [-0.2, -0.15) is 0 Å². The number of aliphatic carboxylic acids is 1. The number of primary amides is 1. The number of nitrogens with one attached hydrogen (secondary N) is 15. The zero-order chi connectivity index (χ0) is 89.5. The third-order valence-electron chi connectivity index (χ3n) is 18.9. The Labute approximate surface area is 709 Å². The monoisotopic (exact) mass is 1730 g/mol. The maximum Gasteiger partial charge on any atom is 0.327 e. The SMILES string of the molecule is CC(O)[C@@H]1NC(=O)[C@H](Cc2ccccc2)NC(=O)[C@H](C(C)O)NC(=O)[C@H](CCCCN)NC(=O)[C@H](Cc2c[nH]c3ccccc23)NC(=O)[C@H](Cc2ccccc2)NC(=O)[C@H](Cc2ccccc2)NC(=O)[C@H](CC(N)=O)NC(=O)[C@H](CCCCN)NC(=O)[C@@H](NC(=O)CNC(=O)[C@H](C)N)CSSC[C@@H](C(=O)O)NC(=O)[C@H](CO)NC1=O.O=C1C=CC(=O)N1. The lowest BCUT2D eigenvalue weighted by Crippen LogP contribution is -2.63. The van der Waals surface area contributed by atoms with Crippen LogP contribution in [0.1, 0.15) is 88.0 Å². The van der Waals surface area contributed by atoms with Crippen LogP contribution in [0.15, 0.2) is 134 Å². The number of aromatic nitrogens is 1. The molecule has 3 heterocycles. The Morgan fingerprint density at radius 1 is 0.467 bits per heavy atom. The van der Waals surface area contributed by atoms with E-state index in [0.29, 0.717) is 39.6 Å². The summed E-state index contributed by atoms with van der Waals surface area (Å²) in [7, 11) is 1.49. The second-order valence-corrected chi connectivity index (χ2v) is 31.3. The first kappa shape index (κ1) is 98.6. The number of rotatable bonds is 26. The number of para-hydroxylation sites is 1. The van der Waals surface area contributed by atoms with Crippen LogP contribution in [0.4, 0.5) is 0 Å². The molecule has 4 aromatic carbocycles. The first-order valence-corrected chi connectivity index (χ1v) is 41.7. The quantitative estimate of drug-likeness (QED) is 0.0139. The fourth-order valence-corrected chi connectivity index (χ4v) is 14.6. The van der Waals surface area contributed by atoms with E-state index in [1.807, 2.05) is 5.32 Å². The van der Waals surface area contributed by atoms with Gasteiger partial charge in [0, 0.05) is 66.4 Å². The third kappa shape index (κ3) is 33.1. The second kappa shape index (κ2) is 50.8. The topological polar surface area (TPSA) is 659 Å². The first-order valence-electron chi connectivity index (χ1n) is 39.2. The van der Waals surface area contributed by atoms with E-state index in [-0.39, 0.29) is 82.7 Å². The summed E-state index contributed by atoms with van der Waals surface area (Å²) in [5.74, 6) is -18.4. The maximum absolute atomic E-state index is 15.4. The fourth-order valence-electron chi connectivity index (χ4n) is 12.3. The Morgan fingerprint density at radius 2 is 0.852 bits per heavy atom. The summed E-state index contributed by atoms with van der Waals surface area (Å²) in [4.78, 5) is 237. The van der Waals surface area contributed by atoms with Crippen molar-refractivity contribution in [3.05, 3.63) is 156 Å². The molecule has 1 aromatic heterocycles. The van der Waals surface area contributed by atoms with Gasteiger partial charge in [-0.15, -0.1) is 0 Å². The first-order chi connectivity index (χ1) is 58.2. The Bertz CT molecular complexity index is 4450. The van der Waals surface area contributed by atoms with Crippen molar-refractivity contribution in [2.45, 2.75) is 182 Å². The van der Waals surface area contributed by atoms with E-state index in [2.05, 4.69) is 74.1 Å². The van der Waals surface area contributed by atoms with Crippen molar-refractivity contribution in [3.63, 3.8) is 0 Å².